The molecule has 2 N–H and O–H groups in total. The van der Waals surface area contributed by atoms with Crippen LogP contribution in [0.2, 0.25) is 5.02 Å². The average molecular weight is 264 g/mol. The van der Waals surface area contributed by atoms with Crippen molar-refractivity contribution in [1.82, 2.24) is 9.97 Å². The molecule has 1 unspecified atom stereocenters. The fraction of sp³-hybridized carbons (Fsp3) is 0.231. The first-order chi connectivity index (χ1) is 8.61. The molecule has 0 radical (unpaired) electrons. The van der Waals surface area contributed by atoms with Gasteiger partial charge in [-0.3, -0.25) is 0 Å². The number of nitrogens with two attached hydrogens (primary N) is 1. The first-order valence-corrected chi connectivity index (χ1v) is 5.92. The third-order valence-electron chi connectivity index (χ3n) is 2.53. The quantitative estimate of drug-likeness (QED) is 0.925. The molecule has 0 bridgehead atoms. The normalized spacial score (nSPS) is 12.2. The maximum Gasteiger partial charge on any atom is 0.145 e. The Kier molecular flexibility index (Phi) is 3.79. The summed E-state index contributed by atoms with van der Waals surface area (Å²) in [6, 6.07) is 7.15. The molecule has 0 fully saturated rings. The topological polar surface area (TPSA) is 61.0 Å². The number of ether oxygens (including phenoxy) is 1. The summed E-state index contributed by atoms with van der Waals surface area (Å²) in [5.41, 5.74) is 7.47. The third-order valence-corrected chi connectivity index (χ3v) is 2.82. The van der Waals surface area contributed by atoms with Crippen molar-refractivity contribution >= 4 is 11.6 Å². The van der Waals surface area contributed by atoms with Crippen LogP contribution in [0.3, 0.4) is 0 Å². The second-order valence-electron chi connectivity index (χ2n) is 3.94. The van der Waals surface area contributed by atoms with Crippen LogP contribution in [-0.2, 0) is 0 Å². The molecule has 2 rings (SSSR count). The van der Waals surface area contributed by atoms with Crippen LogP contribution in [0.1, 0.15) is 18.8 Å². The molecule has 94 valence electrons. The van der Waals surface area contributed by atoms with Gasteiger partial charge in [-0.2, -0.15) is 0 Å². The number of halogens is 1. The van der Waals surface area contributed by atoms with E-state index in [-0.39, 0.29) is 6.04 Å². The summed E-state index contributed by atoms with van der Waals surface area (Å²) in [4.78, 5) is 8.53. The summed E-state index contributed by atoms with van der Waals surface area (Å²) in [6.07, 6.45) is 1.69. The van der Waals surface area contributed by atoms with Gasteiger partial charge in [0.1, 0.15) is 11.6 Å². The first kappa shape index (κ1) is 12.8. The Morgan fingerprint density at radius 3 is 2.72 bits per heavy atom. The van der Waals surface area contributed by atoms with E-state index in [4.69, 9.17) is 22.1 Å². The van der Waals surface area contributed by atoms with Crippen LogP contribution in [-0.4, -0.2) is 17.1 Å². The largest absolute Gasteiger partial charge is 0.495 e. The van der Waals surface area contributed by atoms with Crippen LogP contribution in [0.4, 0.5) is 0 Å². The Labute approximate surface area is 111 Å². The molecular weight excluding hydrogens is 250 g/mol. The highest BCUT2D eigenvalue weighted by Gasteiger charge is 2.08. The van der Waals surface area contributed by atoms with Gasteiger partial charge < -0.3 is 10.5 Å². The smallest absolute Gasteiger partial charge is 0.145 e. The minimum atomic E-state index is -0.196. The van der Waals surface area contributed by atoms with Gasteiger partial charge in [0.05, 0.1) is 23.9 Å². The molecule has 0 saturated carbocycles. The zero-order valence-electron chi connectivity index (χ0n) is 10.2. The van der Waals surface area contributed by atoms with Crippen molar-refractivity contribution in [3.8, 4) is 17.0 Å². The van der Waals surface area contributed by atoms with Gasteiger partial charge >= 0.3 is 0 Å². The Hall–Kier alpha value is -1.65. The second-order valence-corrected chi connectivity index (χ2v) is 4.35. The average Bonchev–Trinajstić information content (AvgIpc) is 2.38. The Bertz CT molecular complexity index is 558. The van der Waals surface area contributed by atoms with Gasteiger partial charge in [0.15, 0.2) is 0 Å². The minimum Gasteiger partial charge on any atom is -0.495 e. The first-order valence-electron chi connectivity index (χ1n) is 5.54. The minimum absolute atomic E-state index is 0.196. The number of hydrogen-bond acceptors (Lipinski definition) is 4. The highest BCUT2D eigenvalue weighted by molar-refractivity contribution is 6.32. The van der Waals surface area contributed by atoms with Crippen LogP contribution < -0.4 is 10.5 Å². The lowest BCUT2D eigenvalue weighted by Gasteiger charge is -2.08. The number of hydrogen-bond donors (Lipinski definition) is 1. The molecule has 1 aromatic carbocycles. The van der Waals surface area contributed by atoms with Crippen LogP contribution >= 0.6 is 11.6 Å². The van der Waals surface area contributed by atoms with E-state index in [0.717, 1.165) is 11.3 Å². The number of nitrogens with zero attached hydrogens (tertiary/aromatic N) is 2. The fourth-order valence-electron chi connectivity index (χ4n) is 1.58. The Morgan fingerprint density at radius 1 is 1.33 bits per heavy atom. The van der Waals surface area contributed by atoms with E-state index >= 15 is 0 Å². The lowest BCUT2D eigenvalue weighted by atomic mass is 10.1. The van der Waals surface area contributed by atoms with Crippen LogP contribution in [0.25, 0.3) is 11.3 Å². The van der Waals surface area contributed by atoms with Crippen molar-refractivity contribution in [3.63, 3.8) is 0 Å². The second kappa shape index (κ2) is 5.33. The van der Waals surface area contributed by atoms with Gasteiger partial charge in [-0.25, -0.2) is 9.97 Å². The Morgan fingerprint density at radius 2 is 2.11 bits per heavy atom. The molecule has 1 atom stereocenters. The van der Waals surface area contributed by atoms with Crippen LogP contribution in [0, 0.1) is 0 Å². The van der Waals surface area contributed by atoms with Gasteiger partial charge in [0.25, 0.3) is 0 Å². The van der Waals surface area contributed by atoms with Gasteiger partial charge in [0, 0.05) is 11.8 Å². The molecule has 4 nitrogen and oxygen atoms in total. The highest BCUT2D eigenvalue weighted by Crippen LogP contribution is 2.29. The van der Waals surface area contributed by atoms with Crippen molar-refractivity contribution in [2.45, 2.75) is 13.0 Å². The van der Waals surface area contributed by atoms with E-state index in [1.165, 1.54) is 0 Å². The molecule has 0 amide bonds. The summed E-state index contributed by atoms with van der Waals surface area (Å²) in [7, 11) is 1.58. The standard InChI is InChI=1S/C13H14ClN3O/c1-8(15)13-16-6-5-11(17-13)9-3-4-12(18-2)10(14)7-9/h3-8H,15H2,1-2H3. The SMILES string of the molecule is COc1ccc(-c2ccnc(C(C)N)n2)cc1Cl. The van der Waals surface area contributed by atoms with Crippen molar-refractivity contribution in [2.75, 3.05) is 7.11 Å². The van der Waals surface area contributed by atoms with Crippen LogP contribution in [0.15, 0.2) is 30.5 Å². The zero-order valence-corrected chi connectivity index (χ0v) is 11.0. The molecule has 2 aromatic rings. The molecule has 0 aliphatic rings. The summed E-state index contributed by atoms with van der Waals surface area (Å²) in [5, 5.41) is 0.552. The molecule has 1 aromatic heterocycles. The molecular formula is C13H14ClN3O. The maximum absolute atomic E-state index is 6.09. The zero-order chi connectivity index (χ0) is 13.1. The fourth-order valence-corrected chi connectivity index (χ4v) is 1.84. The third kappa shape index (κ3) is 2.60. The molecule has 18 heavy (non-hydrogen) atoms. The molecule has 1 heterocycles. The van der Waals surface area contributed by atoms with Gasteiger partial charge in [-0.1, -0.05) is 11.6 Å². The summed E-state index contributed by atoms with van der Waals surface area (Å²) in [5.74, 6) is 1.25. The number of benzene rings is 1. The van der Waals surface area contributed by atoms with E-state index in [0.29, 0.717) is 16.6 Å². The Balaban J connectivity index is 2.42. The van der Waals surface area contributed by atoms with Crippen LogP contribution in [0.5, 0.6) is 5.75 Å². The summed E-state index contributed by atoms with van der Waals surface area (Å²) in [6.45, 7) is 1.85. The van der Waals surface area contributed by atoms with E-state index in [2.05, 4.69) is 9.97 Å². The molecule has 0 aliphatic carbocycles. The van der Waals surface area contributed by atoms with Gasteiger partial charge in [-0.05, 0) is 31.2 Å². The highest BCUT2D eigenvalue weighted by atomic mass is 35.5. The van der Waals surface area contributed by atoms with E-state index in [9.17, 15) is 0 Å². The van der Waals surface area contributed by atoms with E-state index < -0.39 is 0 Å². The van der Waals surface area contributed by atoms with E-state index in [1.807, 2.05) is 31.2 Å². The number of methoxy groups -OCH3 is 1. The van der Waals surface area contributed by atoms with Crippen molar-refractivity contribution in [2.24, 2.45) is 5.73 Å². The lowest BCUT2D eigenvalue weighted by molar-refractivity contribution is 0.415. The number of rotatable bonds is 3. The molecule has 5 heteroatoms. The summed E-state index contributed by atoms with van der Waals surface area (Å²) < 4.78 is 5.11. The lowest BCUT2D eigenvalue weighted by Crippen LogP contribution is -2.09. The molecule has 0 aliphatic heterocycles. The number of aromatic nitrogens is 2. The van der Waals surface area contributed by atoms with Crippen molar-refractivity contribution < 1.29 is 4.74 Å². The summed E-state index contributed by atoms with van der Waals surface area (Å²) >= 11 is 6.09. The predicted octanol–water partition coefficient (Wildman–Crippen LogP) is 2.83. The van der Waals surface area contributed by atoms with Gasteiger partial charge in [-0.15, -0.1) is 0 Å². The predicted molar refractivity (Wildman–Crippen MR) is 71.6 cm³/mol. The monoisotopic (exact) mass is 263 g/mol. The van der Waals surface area contributed by atoms with Crippen molar-refractivity contribution in [3.05, 3.63) is 41.3 Å². The van der Waals surface area contributed by atoms with E-state index in [1.54, 1.807) is 13.3 Å². The molecule has 0 spiro atoms. The molecule has 0 saturated heterocycles. The van der Waals surface area contributed by atoms with Crippen molar-refractivity contribution in [1.29, 1.82) is 0 Å². The van der Waals surface area contributed by atoms with Gasteiger partial charge in [0.2, 0.25) is 0 Å². The maximum atomic E-state index is 6.09.